The van der Waals surface area contributed by atoms with Gasteiger partial charge in [-0.3, -0.25) is 33.2 Å². The molecule has 1 aromatic carbocycles. The number of primary amides is 1. The number of rotatable bonds is 7. The van der Waals surface area contributed by atoms with Gasteiger partial charge in [-0.1, -0.05) is 11.6 Å². The van der Waals surface area contributed by atoms with Gasteiger partial charge in [0, 0.05) is 24.6 Å². The Morgan fingerprint density at radius 2 is 1.70 bits per heavy atom. The molecule has 4 atom stereocenters. The molecule has 3 aliphatic rings. The van der Waals surface area contributed by atoms with Crippen LogP contribution in [-0.2, 0) is 36.0 Å². The monoisotopic (exact) mass is 660 g/mol. The van der Waals surface area contributed by atoms with Crippen molar-refractivity contribution in [3.05, 3.63) is 33.1 Å². The highest BCUT2D eigenvalue weighted by molar-refractivity contribution is 7.79. The Kier molecular flexibility index (Phi) is 9.74. The number of nitrogens with zero attached hydrogens (tertiary/aromatic N) is 2. The quantitative estimate of drug-likeness (QED) is 0.0850. The fourth-order valence-electron chi connectivity index (χ4n) is 6.39. The maximum Gasteiger partial charge on any atom is 0.394 e. The number of ketones is 2. The number of hydrogen-bond donors (Lipinski definition) is 8. The fraction of sp³-hybridized carbons (Fsp3) is 0.462. The summed E-state index contributed by atoms with van der Waals surface area (Å²) in [7, 11) is -1.60. The van der Waals surface area contributed by atoms with Crippen LogP contribution in [0.5, 0.6) is 5.75 Å². The zero-order valence-corrected chi connectivity index (χ0v) is 25.6. The summed E-state index contributed by atoms with van der Waals surface area (Å²) in [6, 6.07) is -1.18. The Morgan fingerprint density at radius 3 is 2.16 bits per heavy atom. The van der Waals surface area contributed by atoms with Gasteiger partial charge >= 0.3 is 10.4 Å². The number of carbonyl (C=O) groups is 4. The minimum atomic E-state index is -4.67. The molecule has 0 saturated heterocycles. The number of benzene rings is 1. The molecule has 0 spiro atoms. The number of fused-ring (bicyclic) bond motifs is 3. The summed E-state index contributed by atoms with van der Waals surface area (Å²) < 4.78 is 31.6. The summed E-state index contributed by atoms with van der Waals surface area (Å²) >= 11 is 6.65. The average Bonchev–Trinajstić information content (AvgIpc) is 2.89. The van der Waals surface area contributed by atoms with E-state index in [0.29, 0.717) is 30.8 Å². The molecular formula is C26H33ClN4O12S. The summed E-state index contributed by atoms with van der Waals surface area (Å²) in [4.78, 5) is 53.9. The second kappa shape index (κ2) is 12.3. The van der Waals surface area contributed by atoms with Crippen LogP contribution in [0.1, 0.15) is 31.4 Å². The van der Waals surface area contributed by atoms with Crippen LogP contribution < -0.4 is 16.0 Å². The number of aromatic hydroxyl groups is 1. The zero-order valence-electron chi connectivity index (χ0n) is 24.0. The van der Waals surface area contributed by atoms with Gasteiger partial charge < -0.3 is 36.4 Å². The average molecular weight is 661 g/mol. The van der Waals surface area contributed by atoms with E-state index < -0.39 is 74.2 Å². The van der Waals surface area contributed by atoms with E-state index in [4.69, 9.17) is 34.9 Å². The summed E-state index contributed by atoms with van der Waals surface area (Å²) in [5.41, 5.74) is 1.97. The molecule has 1 fully saturated rings. The second-order valence-corrected chi connectivity index (χ2v) is 11.9. The van der Waals surface area contributed by atoms with E-state index in [2.05, 4.69) is 5.32 Å². The molecule has 9 N–H and O–H groups in total. The molecule has 0 aromatic heterocycles. The summed E-state index contributed by atoms with van der Waals surface area (Å²) in [5.74, 6) is -7.59. The number of nitrogens with two attached hydrogens (primary N) is 1. The largest absolute Gasteiger partial charge is 0.508 e. The van der Waals surface area contributed by atoms with Crippen LogP contribution in [0.3, 0.4) is 0 Å². The molecule has 16 nitrogen and oxygen atoms in total. The van der Waals surface area contributed by atoms with Gasteiger partial charge in [-0.2, -0.15) is 8.42 Å². The van der Waals surface area contributed by atoms with Gasteiger partial charge in [0.2, 0.25) is 12.2 Å². The molecule has 0 radical (unpaired) electrons. The molecule has 0 heterocycles. The number of phenols is 1. The first kappa shape index (κ1) is 34.7. The number of amides is 2. The van der Waals surface area contributed by atoms with Crippen LogP contribution in [0.4, 0.5) is 11.4 Å². The molecule has 242 valence electrons. The first-order valence-corrected chi connectivity index (χ1v) is 14.9. The van der Waals surface area contributed by atoms with Crippen molar-refractivity contribution in [3.63, 3.8) is 0 Å². The maximum absolute atomic E-state index is 14.0. The van der Waals surface area contributed by atoms with Crippen molar-refractivity contribution in [2.45, 2.75) is 38.3 Å². The first-order chi connectivity index (χ1) is 20.3. The number of aliphatic hydroxyl groups is 3. The fourth-order valence-corrected chi connectivity index (χ4v) is 6.77. The maximum atomic E-state index is 14.0. The molecule has 1 saturated carbocycles. The third-order valence-electron chi connectivity index (χ3n) is 8.08. The van der Waals surface area contributed by atoms with Crippen molar-refractivity contribution in [2.24, 2.45) is 17.6 Å². The van der Waals surface area contributed by atoms with E-state index in [0.717, 1.165) is 0 Å². The first-order valence-electron chi connectivity index (χ1n) is 13.2. The Balaban J connectivity index is 0.000000978. The molecule has 4 rings (SSSR count). The molecule has 4 unspecified atom stereocenters. The molecule has 1 aromatic rings. The van der Waals surface area contributed by atoms with Crippen LogP contribution in [0.15, 0.2) is 16.9 Å². The minimum Gasteiger partial charge on any atom is -0.508 e. The van der Waals surface area contributed by atoms with Gasteiger partial charge in [0.25, 0.3) is 5.91 Å². The van der Waals surface area contributed by atoms with Crippen molar-refractivity contribution in [1.29, 1.82) is 0 Å². The summed E-state index contributed by atoms with van der Waals surface area (Å²) in [6.07, 6.45) is 0.341. The standard InChI is InChI=1S/C26H31ClN4O8.H2O4S/c1-5-31(6-2)18-11-7-10-8-12-19(30(3)4)22(35)15(25(28)38)24(37)26(12,39)23(36)13(10)20(33)14(11)21(34)17(16(18)27)29-9-32;1-5(2,3)4/h9-10,12,19,33-34,37,39H,5-8H2,1-4H3,(H2,28,38)(H,29,32);(H2,1,2,3,4). The van der Waals surface area contributed by atoms with Crippen molar-refractivity contribution in [3.8, 4) is 5.75 Å². The van der Waals surface area contributed by atoms with Crippen LogP contribution in [0.25, 0.3) is 5.76 Å². The predicted octanol–water partition coefficient (Wildman–Crippen LogP) is 0.379. The van der Waals surface area contributed by atoms with Crippen molar-refractivity contribution < 1.29 is 57.1 Å². The van der Waals surface area contributed by atoms with Gasteiger partial charge in [0.15, 0.2) is 17.1 Å². The van der Waals surface area contributed by atoms with Crippen LogP contribution in [-0.4, -0.2) is 106 Å². The SMILES string of the molecule is CCN(CC)c1c(Cl)c(NC=O)c(O)c2c1CC1CC3C(N(C)C)C(=O)C(C(N)=O)=C(O)C3(O)C(=O)C1=C2O.O=S(=O)(O)O. The number of aliphatic hydroxyl groups excluding tert-OH is 2. The van der Waals surface area contributed by atoms with Gasteiger partial charge in [-0.25, -0.2) is 0 Å². The van der Waals surface area contributed by atoms with Gasteiger partial charge in [0.05, 0.1) is 22.3 Å². The van der Waals surface area contributed by atoms with Crippen LogP contribution >= 0.6 is 11.6 Å². The highest BCUT2D eigenvalue weighted by atomic mass is 35.5. The summed E-state index contributed by atoms with van der Waals surface area (Å²) in [6.45, 7) is 4.73. The topological polar surface area (TPSA) is 268 Å². The van der Waals surface area contributed by atoms with E-state index in [1.54, 1.807) is 0 Å². The van der Waals surface area contributed by atoms with Crippen molar-refractivity contribution in [2.75, 3.05) is 37.4 Å². The van der Waals surface area contributed by atoms with Gasteiger partial charge in [-0.15, -0.1) is 0 Å². The molecule has 3 aliphatic carbocycles. The summed E-state index contributed by atoms with van der Waals surface area (Å²) in [5, 5.41) is 47.6. The highest BCUT2D eigenvalue weighted by Gasteiger charge is 2.64. The lowest BCUT2D eigenvalue weighted by molar-refractivity contribution is -0.153. The van der Waals surface area contributed by atoms with Crippen LogP contribution in [0, 0.1) is 11.8 Å². The van der Waals surface area contributed by atoms with Gasteiger partial charge in [0.1, 0.15) is 22.8 Å². The molecule has 0 aliphatic heterocycles. The number of anilines is 2. The minimum absolute atomic E-state index is 0.0441. The number of halogens is 1. The van der Waals surface area contributed by atoms with E-state index >= 15 is 0 Å². The zero-order chi connectivity index (χ0) is 33.6. The Bertz CT molecular complexity index is 1590. The third kappa shape index (κ3) is 5.62. The van der Waals surface area contributed by atoms with Crippen LogP contribution in [0.2, 0.25) is 5.02 Å². The molecule has 18 heteroatoms. The Labute approximate surface area is 257 Å². The number of phenolic OH excluding ortho intramolecular Hbond substituents is 1. The Hall–Kier alpha value is -3.74. The van der Waals surface area contributed by atoms with E-state index in [1.807, 2.05) is 18.7 Å². The van der Waals surface area contributed by atoms with Gasteiger partial charge in [-0.05, 0) is 52.3 Å². The Morgan fingerprint density at radius 1 is 1.16 bits per heavy atom. The number of carbonyl (C=O) groups excluding carboxylic acids is 4. The second-order valence-electron chi connectivity index (χ2n) is 10.6. The number of likely N-dealkylation sites (N-methyl/N-ethyl adjacent to an activating group) is 1. The number of Topliss-reactive ketones (excluding diaryl/α,β-unsaturated/α-hetero) is 2. The lowest BCUT2D eigenvalue weighted by atomic mass is 9.57. The van der Waals surface area contributed by atoms with Crippen molar-refractivity contribution >= 4 is 63.0 Å². The normalized spacial score (nSPS) is 24.6. The molecule has 44 heavy (non-hydrogen) atoms. The van der Waals surface area contributed by atoms with E-state index in [1.165, 1.54) is 19.0 Å². The molecule has 0 bridgehead atoms. The number of hydrogen-bond acceptors (Lipinski definition) is 12. The van der Waals surface area contributed by atoms with Crippen molar-refractivity contribution in [1.82, 2.24) is 4.90 Å². The smallest absolute Gasteiger partial charge is 0.394 e. The van der Waals surface area contributed by atoms with E-state index in [9.17, 15) is 39.6 Å². The highest BCUT2D eigenvalue weighted by Crippen LogP contribution is 2.56. The molecule has 2 amide bonds. The van der Waals surface area contributed by atoms with E-state index in [-0.39, 0.29) is 34.7 Å². The lowest BCUT2D eigenvalue weighted by Gasteiger charge is -2.50. The molecular weight excluding hydrogens is 628 g/mol. The lowest BCUT2D eigenvalue weighted by Crippen LogP contribution is -2.65. The number of nitrogens with one attached hydrogen (secondary N) is 1. The third-order valence-corrected chi connectivity index (χ3v) is 8.45. The predicted molar refractivity (Wildman–Crippen MR) is 157 cm³/mol.